The number of fused-ring (bicyclic) bond motifs is 1. The summed E-state index contributed by atoms with van der Waals surface area (Å²) in [6, 6.07) is 11.6. The number of rotatable bonds is 11. The molecule has 1 heterocycles. The van der Waals surface area contributed by atoms with E-state index in [9.17, 15) is 9.59 Å². The lowest BCUT2D eigenvalue weighted by atomic mass is 9.92. The molecule has 34 heavy (non-hydrogen) atoms. The third kappa shape index (κ3) is 6.86. The number of carbonyl (C=O) groups is 2. The average molecular weight is 483 g/mol. The van der Waals surface area contributed by atoms with Gasteiger partial charge in [0.1, 0.15) is 0 Å². The molecule has 0 aliphatic rings. The van der Waals surface area contributed by atoms with Crippen LogP contribution in [0.15, 0.2) is 46.0 Å². The highest BCUT2D eigenvalue weighted by Crippen LogP contribution is 2.33. The van der Waals surface area contributed by atoms with Gasteiger partial charge in [-0.05, 0) is 47.9 Å². The number of carbonyl (C=O) groups excluding carboxylic acids is 2. The zero-order valence-corrected chi connectivity index (χ0v) is 21.5. The zero-order chi connectivity index (χ0) is 24.7. The number of thioether (sulfide) groups is 1. The van der Waals surface area contributed by atoms with E-state index in [2.05, 4.69) is 56.2 Å². The van der Waals surface area contributed by atoms with Crippen LogP contribution in [0.2, 0.25) is 0 Å². The number of nitrogens with one attached hydrogen (secondary N) is 1. The fourth-order valence-electron chi connectivity index (χ4n) is 3.82. The molecule has 0 saturated carbocycles. The largest absolute Gasteiger partial charge is 0.431 e. The Hall–Kier alpha value is -2.80. The first-order chi connectivity index (χ1) is 16.3. The number of para-hydroxylation sites is 2. The molecule has 0 fully saturated rings. The van der Waals surface area contributed by atoms with Gasteiger partial charge in [-0.1, -0.05) is 70.1 Å². The third-order valence-corrected chi connectivity index (χ3v) is 6.44. The van der Waals surface area contributed by atoms with Crippen molar-refractivity contribution in [2.75, 3.05) is 11.1 Å². The first kappa shape index (κ1) is 25.8. The molecule has 0 atom stereocenters. The number of hydrogen-bond donors (Lipinski definition) is 1. The number of anilines is 1. The molecule has 0 aliphatic carbocycles. The van der Waals surface area contributed by atoms with E-state index in [1.165, 1.54) is 29.8 Å². The van der Waals surface area contributed by atoms with Crippen molar-refractivity contribution in [3.63, 3.8) is 0 Å². The number of esters is 1. The van der Waals surface area contributed by atoms with Crippen LogP contribution < -0.4 is 10.1 Å². The molecule has 3 rings (SSSR count). The van der Waals surface area contributed by atoms with Crippen LogP contribution in [0, 0.1) is 0 Å². The molecule has 0 radical (unpaired) electrons. The number of ether oxygens (including phenoxy) is 1. The molecule has 7 heteroatoms. The Morgan fingerprint density at radius 2 is 1.68 bits per heavy atom. The van der Waals surface area contributed by atoms with E-state index in [1.807, 2.05) is 0 Å². The first-order valence-corrected chi connectivity index (χ1v) is 12.9. The highest BCUT2D eigenvalue weighted by molar-refractivity contribution is 7.99. The number of nitrogens with zero attached hydrogens (tertiary/aromatic N) is 1. The van der Waals surface area contributed by atoms with Crippen molar-refractivity contribution in [3.05, 3.63) is 47.5 Å². The molecule has 0 spiro atoms. The molecule has 1 amide bonds. The SMILES string of the molecule is CC(=O)Oc1cccc2oc(SCCCCCC(=O)Nc3c(C(C)C)cccc3C(C)C)nc12. The molecule has 0 saturated heterocycles. The Morgan fingerprint density at radius 1 is 1.00 bits per heavy atom. The van der Waals surface area contributed by atoms with Gasteiger partial charge < -0.3 is 14.5 Å². The van der Waals surface area contributed by atoms with Crippen molar-refractivity contribution < 1.29 is 18.7 Å². The normalized spacial score (nSPS) is 11.4. The summed E-state index contributed by atoms with van der Waals surface area (Å²) in [5.74, 6) is 1.63. The minimum atomic E-state index is -0.387. The van der Waals surface area contributed by atoms with Crippen molar-refractivity contribution >= 4 is 40.4 Å². The Balaban J connectivity index is 1.45. The molecule has 1 N–H and O–H groups in total. The Bertz CT molecular complexity index is 1110. The van der Waals surface area contributed by atoms with Crippen LogP contribution in [0.4, 0.5) is 5.69 Å². The molecular formula is C27H34N2O4S. The maximum absolute atomic E-state index is 12.6. The minimum Gasteiger partial charge on any atom is -0.431 e. The highest BCUT2D eigenvalue weighted by atomic mass is 32.2. The summed E-state index contributed by atoms with van der Waals surface area (Å²) < 4.78 is 11.0. The monoisotopic (exact) mass is 482 g/mol. The van der Waals surface area contributed by atoms with E-state index in [0.29, 0.717) is 40.3 Å². The summed E-state index contributed by atoms with van der Waals surface area (Å²) in [5.41, 5.74) is 4.51. The summed E-state index contributed by atoms with van der Waals surface area (Å²) in [7, 11) is 0. The summed E-state index contributed by atoms with van der Waals surface area (Å²) in [4.78, 5) is 28.4. The second-order valence-corrected chi connectivity index (χ2v) is 10.1. The van der Waals surface area contributed by atoms with Gasteiger partial charge in [0.2, 0.25) is 5.91 Å². The third-order valence-electron chi connectivity index (χ3n) is 5.53. The predicted octanol–water partition coefficient (Wildman–Crippen LogP) is 7.29. The Labute approximate surface area is 205 Å². The molecule has 3 aromatic rings. The lowest BCUT2D eigenvalue weighted by Crippen LogP contribution is -2.15. The van der Waals surface area contributed by atoms with Gasteiger partial charge in [-0.2, -0.15) is 4.98 Å². The van der Waals surface area contributed by atoms with E-state index < -0.39 is 0 Å². The van der Waals surface area contributed by atoms with Crippen molar-refractivity contribution in [1.82, 2.24) is 4.98 Å². The molecular weight excluding hydrogens is 448 g/mol. The lowest BCUT2D eigenvalue weighted by Gasteiger charge is -2.20. The van der Waals surface area contributed by atoms with Gasteiger partial charge in [0.15, 0.2) is 16.8 Å². The fraction of sp³-hybridized carbons (Fsp3) is 0.444. The van der Waals surface area contributed by atoms with Crippen LogP contribution >= 0.6 is 11.8 Å². The summed E-state index contributed by atoms with van der Waals surface area (Å²) >= 11 is 1.53. The number of aromatic nitrogens is 1. The molecule has 182 valence electrons. The smallest absolute Gasteiger partial charge is 0.308 e. The lowest BCUT2D eigenvalue weighted by molar-refractivity contribution is -0.131. The fourth-order valence-corrected chi connectivity index (χ4v) is 4.65. The minimum absolute atomic E-state index is 0.0691. The van der Waals surface area contributed by atoms with Crippen LogP contribution in [-0.2, 0) is 9.59 Å². The van der Waals surface area contributed by atoms with Gasteiger partial charge in [0.05, 0.1) is 0 Å². The van der Waals surface area contributed by atoms with Crippen LogP contribution in [0.3, 0.4) is 0 Å². The second-order valence-electron chi connectivity index (χ2n) is 9.00. The molecule has 0 unspecified atom stereocenters. The second kappa shape index (κ2) is 12.1. The number of oxazole rings is 1. The van der Waals surface area contributed by atoms with Crippen molar-refractivity contribution in [3.8, 4) is 5.75 Å². The predicted molar refractivity (Wildman–Crippen MR) is 138 cm³/mol. The number of benzene rings is 2. The average Bonchev–Trinajstić information content (AvgIpc) is 3.19. The van der Waals surface area contributed by atoms with Crippen LogP contribution in [0.5, 0.6) is 5.75 Å². The van der Waals surface area contributed by atoms with Gasteiger partial charge in [-0.25, -0.2) is 0 Å². The molecule has 0 bridgehead atoms. The summed E-state index contributed by atoms with van der Waals surface area (Å²) in [6.07, 6.45) is 3.23. The molecule has 6 nitrogen and oxygen atoms in total. The Morgan fingerprint density at radius 3 is 2.32 bits per heavy atom. The molecule has 0 aliphatic heterocycles. The van der Waals surface area contributed by atoms with Gasteiger partial charge in [-0.3, -0.25) is 9.59 Å². The van der Waals surface area contributed by atoms with Gasteiger partial charge >= 0.3 is 5.97 Å². The Kier molecular flexibility index (Phi) is 9.16. The van der Waals surface area contributed by atoms with Crippen LogP contribution in [-0.4, -0.2) is 22.6 Å². The number of amides is 1. The number of hydrogen-bond acceptors (Lipinski definition) is 6. The van der Waals surface area contributed by atoms with Gasteiger partial charge in [0.25, 0.3) is 5.22 Å². The first-order valence-electron chi connectivity index (χ1n) is 11.9. The standard InChI is InChI=1S/C27H34N2O4S/c1-17(2)20-11-9-12-21(18(3)4)25(20)28-24(31)15-7-6-8-16-34-27-29-26-22(32-19(5)30)13-10-14-23(26)33-27/h9-14,17-18H,6-8,15-16H2,1-5H3,(H,28,31). The highest BCUT2D eigenvalue weighted by Gasteiger charge is 2.16. The zero-order valence-electron chi connectivity index (χ0n) is 20.6. The van der Waals surface area contributed by atoms with Gasteiger partial charge in [-0.15, -0.1) is 0 Å². The quantitative estimate of drug-likeness (QED) is 0.134. The van der Waals surface area contributed by atoms with Crippen molar-refractivity contribution in [2.45, 2.75) is 77.4 Å². The van der Waals surface area contributed by atoms with Crippen LogP contribution in [0.1, 0.15) is 83.3 Å². The maximum Gasteiger partial charge on any atom is 0.308 e. The maximum atomic E-state index is 12.6. The van der Waals surface area contributed by atoms with Gasteiger partial charge in [0, 0.05) is 24.8 Å². The van der Waals surface area contributed by atoms with Crippen molar-refractivity contribution in [1.29, 1.82) is 0 Å². The summed E-state index contributed by atoms with van der Waals surface area (Å²) in [5, 5.41) is 3.74. The number of unbranched alkanes of at least 4 members (excludes halogenated alkanes) is 2. The topological polar surface area (TPSA) is 81.4 Å². The van der Waals surface area contributed by atoms with E-state index in [1.54, 1.807) is 18.2 Å². The van der Waals surface area contributed by atoms with E-state index >= 15 is 0 Å². The summed E-state index contributed by atoms with van der Waals surface area (Å²) in [6.45, 7) is 9.98. The van der Waals surface area contributed by atoms with Crippen LogP contribution in [0.25, 0.3) is 11.1 Å². The van der Waals surface area contributed by atoms with E-state index in [-0.39, 0.29) is 11.9 Å². The van der Waals surface area contributed by atoms with E-state index in [4.69, 9.17) is 9.15 Å². The van der Waals surface area contributed by atoms with E-state index in [0.717, 1.165) is 30.7 Å². The molecule has 1 aromatic heterocycles. The van der Waals surface area contributed by atoms with Crippen molar-refractivity contribution in [2.24, 2.45) is 0 Å². The molecule has 2 aromatic carbocycles.